The van der Waals surface area contributed by atoms with Crippen LogP contribution in [0.4, 0.5) is 0 Å². The largest absolute Gasteiger partial charge is 0.351 e. The van der Waals surface area contributed by atoms with Gasteiger partial charge in [-0.25, -0.2) is 4.98 Å². The van der Waals surface area contributed by atoms with E-state index in [2.05, 4.69) is 14.5 Å². The maximum atomic E-state index is 12.7. The van der Waals surface area contributed by atoms with Crippen LogP contribution < -0.4 is 0 Å². The van der Waals surface area contributed by atoms with Gasteiger partial charge in [0.05, 0.1) is 0 Å². The van der Waals surface area contributed by atoms with Crippen LogP contribution in [0.25, 0.3) is 10.9 Å². The van der Waals surface area contributed by atoms with Crippen LogP contribution in [0.5, 0.6) is 0 Å². The highest BCUT2D eigenvalue weighted by Crippen LogP contribution is 2.22. The number of benzene rings is 1. The molecule has 1 aliphatic heterocycles. The second-order valence-corrected chi connectivity index (χ2v) is 6.63. The molecule has 1 saturated heterocycles. The third kappa shape index (κ3) is 2.82. The molecular weight excluding hydrogens is 300 g/mol. The molecule has 3 heterocycles. The third-order valence-electron chi connectivity index (χ3n) is 5.04. The molecule has 4 rings (SSSR count). The summed E-state index contributed by atoms with van der Waals surface area (Å²) in [6.07, 6.45) is 5.98. The van der Waals surface area contributed by atoms with Crippen molar-refractivity contribution in [2.45, 2.75) is 26.3 Å². The van der Waals surface area contributed by atoms with E-state index in [0.29, 0.717) is 11.6 Å². The van der Waals surface area contributed by atoms with Crippen molar-refractivity contribution in [3.05, 3.63) is 54.2 Å². The average molecular weight is 322 g/mol. The van der Waals surface area contributed by atoms with Crippen LogP contribution in [0, 0.1) is 12.8 Å². The topological polar surface area (TPSA) is 53.9 Å². The lowest BCUT2D eigenvalue weighted by molar-refractivity contribution is 0.0677. The summed E-state index contributed by atoms with van der Waals surface area (Å²) in [5, 5.41) is 1.09. The number of hydrogen-bond donors (Lipinski definition) is 1. The zero-order chi connectivity index (χ0) is 16.5. The third-order valence-corrected chi connectivity index (χ3v) is 5.04. The number of imidazole rings is 1. The van der Waals surface area contributed by atoms with Gasteiger partial charge >= 0.3 is 0 Å². The summed E-state index contributed by atoms with van der Waals surface area (Å²) < 4.78 is 2.21. The predicted molar refractivity (Wildman–Crippen MR) is 93.9 cm³/mol. The van der Waals surface area contributed by atoms with Gasteiger partial charge in [0.25, 0.3) is 5.91 Å². The Morgan fingerprint density at radius 3 is 2.79 bits per heavy atom. The lowest BCUT2D eigenvalue weighted by atomic mass is 9.96. The minimum atomic E-state index is 0.114. The van der Waals surface area contributed by atoms with Crippen molar-refractivity contribution in [3.8, 4) is 0 Å². The second kappa shape index (κ2) is 6.15. The number of rotatable bonds is 3. The molecule has 0 bridgehead atoms. The van der Waals surface area contributed by atoms with Gasteiger partial charge in [-0.2, -0.15) is 0 Å². The number of hydrogen-bond acceptors (Lipinski definition) is 2. The molecule has 0 spiro atoms. The fourth-order valence-corrected chi connectivity index (χ4v) is 3.55. The van der Waals surface area contributed by atoms with Gasteiger partial charge in [-0.1, -0.05) is 18.2 Å². The number of aromatic nitrogens is 3. The van der Waals surface area contributed by atoms with E-state index in [1.807, 2.05) is 54.5 Å². The van der Waals surface area contributed by atoms with E-state index in [0.717, 1.165) is 49.2 Å². The number of amides is 1. The highest BCUT2D eigenvalue weighted by molar-refractivity contribution is 5.98. The molecule has 1 aromatic carbocycles. The molecule has 5 heteroatoms. The Bertz CT molecular complexity index is 822. The Kier molecular flexibility index (Phi) is 3.84. The van der Waals surface area contributed by atoms with Crippen molar-refractivity contribution in [3.63, 3.8) is 0 Å². The molecular formula is C19H22N4O. The number of H-pyrrole nitrogens is 1. The Morgan fingerprint density at radius 2 is 2.08 bits per heavy atom. The number of carbonyl (C=O) groups is 1. The SMILES string of the molecule is Cc1nccn1CC1CCN(C(=O)c2cc3ccccc3[nH]2)CC1. The summed E-state index contributed by atoms with van der Waals surface area (Å²) >= 11 is 0. The molecule has 0 aliphatic carbocycles. The van der Waals surface area contributed by atoms with Crippen LogP contribution in [-0.4, -0.2) is 38.4 Å². The first-order valence-electron chi connectivity index (χ1n) is 8.55. The Hall–Kier alpha value is -2.56. The van der Waals surface area contributed by atoms with E-state index < -0.39 is 0 Å². The van der Waals surface area contributed by atoms with Gasteiger partial charge in [-0.15, -0.1) is 0 Å². The van der Waals surface area contributed by atoms with Gasteiger partial charge in [0.2, 0.25) is 0 Å². The standard InChI is InChI=1S/C19H22N4O/c1-14-20-8-11-23(14)13-15-6-9-22(10-7-15)19(24)18-12-16-4-2-3-5-17(16)21-18/h2-5,8,11-12,15,21H,6-7,9-10,13H2,1H3. The quantitative estimate of drug-likeness (QED) is 0.805. The molecule has 3 aromatic rings. The van der Waals surface area contributed by atoms with Gasteiger partial charge in [0.1, 0.15) is 11.5 Å². The molecule has 1 fully saturated rings. The van der Waals surface area contributed by atoms with Crippen LogP contribution in [0.1, 0.15) is 29.2 Å². The summed E-state index contributed by atoms with van der Waals surface area (Å²) in [6.45, 7) is 4.69. The Morgan fingerprint density at radius 1 is 1.29 bits per heavy atom. The van der Waals surface area contributed by atoms with E-state index in [4.69, 9.17) is 0 Å². The number of carbonyl (C=O) groups excluding carboxylic acids is 1. The zero-order valence-corrected chi connectivity index (χ0v) is 13.9. The van der Waals surface area contributed by atoms with Crippen molar-refractivity contribution in [2.75, 3.05) is 13.1 Å². The smallest absolute Gasteiger partial charge is 0.270 e. The summed E-state index contributed by atoms with van der Waals surface area (Å²) in [7, 11) is 0. The first-order valence-corrected chi connectivity index (χ1v) is 8.55. The number of nitrogens with one attached hydrogen (secondary N) is 1. The lowest BCUT2D eigenvalue weighted by Crippen LogP contribution is -2.39. The summed E-state index contributed by atoms with van der Waals surface area (Å²) in [5.41, 5.74) is 1.71. The molecule has 0 unspecified atom stereocenters. The molecule has 24 heavy (non-hydrogen) atoms. The minimum Gasteiger partial charge on any atom is -0.351 e. The van der Waals surface area contributed by atoms with Gasteiger partial charge in [-0.3, -0.25) is 4.79 Å². The normalized spacial score (nSPS) is 16.0. The van der Waals surface area contributed by atoms with Crippen LogP contribution in [0.2, 0.25) is 0 Å². The molecule has 0 saturated carbocycles. The molecule has 1 amide bonds. The van der Waals surface area contributed by atoms with Crippen molar-refractivity contribution in [2.24, 2.45) is 5.92 Å². The first-order chi connectivity index (χ1) is 11.7. The number of aryl methyl sites for hydroxylation is 1. The molecule has 2 aromatic heterocycles. The van der Waals surface area contributed by atoms with Crippen molar-refractivity contribution in [1.82, 2.24) is 19.4 Å². The molecule has 124 valence electrons. The first kappa shape index (κ1) is 15.0. The highest BCUT2D eigenvalue weighted by Gasteiger charge is 2.25. The van der Waals surface area contributed by atoms with E-state index >= 15 is 0 Å². The summed E-state index contributed by atoms with van der Waals surface area (Å²) in [6, 6.07) is 9.97. The van der Waals surface area contributed by atoms with Crippen LogP contribution >= 0.6 is 0 Å². The monoisotopic (exact) mass is 322 g/mol. The summed E-state index contributed by atoms with van der Waals surface area (Å²) in [4.78, 5) is 22.2. The summed E-state index contributed by atoms with van der Waals surface area (Å²) in [5.74, 6) is 1.79. The van der Waals surface area contributed by atoms with Crippen molar-refractivity contribution < 1.29 is 4.79 Å². The van der Waals surface area contributed by atoms with Crippen molar-refractivity contribution in [1.29, 1.82) is 0 Å². The van der Waals surface area contributed by atoms with E-state index in [1.165, 1.54) is 0 Å². The lowest BCUT2D eigenvalue weighted by Gasteiger charge is -2.32. The molecule has 0 atom stereocenters. The van der Waals surface area contributed by atoms with Crippen LogP contribution in [-0.2, 0) is 6.54 Å². The fraction of sp³-hybridized carbons (Fsp3) is 0.368. The van der Waals surface area contributed by atoms with Gasteiger partial charge in [0, 0.05) is 42.9 Å². The van der Waals surface area contributed by atoms with E-state index in [1.54, 1.807) is 0 Å². The van der Waals surface area contributed by atoms with Crippen LogP contribution in [0.15, 0.2) is 42.7 Å². The Balaban J connectivity index is 1.40. The number of piperidine rings is 1. The Labute approximate surface area is 141 Å². The second-order valence-electron chi connectivity index (χ2n) is 6.63. The zero-order valence-electron chi connectivity index (χ0n) is 13.9. The maximum Gasteiger partial charge on any atom is 0.270 e. The van der Waals surface area contributed by atoms with Gasteiger partial charge in [-0.05, 0) is 37.8 Å². The number of aromatic amines is 1. The minimum absolute atomic E-state index is 0.114. The van der Waals surface area contributed by atoms with E-state index in [-0.39, 0.29) is 5.91 Å². The molecule has 1 N–H and O–H groups in total. The van der Waals surface area contributed by atoms with E-state index in [9.17, 15) is 4.79 Å². The highest BCUT2D eigenvalue weighted by atomic mass is 16.2. The molecule has 0 radical (unpaired) electrons. The number of nitrogens with zero attached hydrogens (tertiary/aromatic N) is 3. The van der Waals surface area contributed by atoms with Crippen LogP contribution in [0.3, 0.4) is 0 Å². The average Bonchev–Trinajstić information content (AvgIpc) is 3.21. The number of para-hydroxylation sites is 1. The van der Waals surface area contributed by atoms with Crippen molar-refractivity contribution >= 4 is 16.8 Å². The fourth-order valence-electron chi connectivity index (χ4n) is 3.55. The molecule has 5 nitrogen and oxygen atoms in total. The number of fused-ring (bicyclic) bond motifs is 1. The van der Waals surface area contributed by atoms with Gasteiger partial charge in [0.15, 0.2) is 0 Å². The maximum absolute atomic E-state index is 12.7. The predicted octanol–water partition coefficient (Wildman–Crippen LogP) is 3.23. The molecule has 1 aliphatic rings. The number of likely N-dealkylation sites (tertiary alicyclic amines) is 1. The van der Waals surface area contributed by atoms with Gasteiger partial charge < -0.3 is 14.5 Å².